The Morgan fingerprint density at radius 3 is 2.87 bits per heavy atom. The number of carbonyl (C=O) groups excluding carboxylic acids is 1. The topological polar surface area (TPSA) is 29.1 Å². The van der Waals surface area contributed by atoms with Gasteiger partial charge in [0.15, 0.2) is 5.78 Å². The molecule has 15 heavy (non-hydrogen) atoms. The lowest BCUT2D eigenvalue weighted by molar-refractivity contribution is 0.0993. The number of hydrogen-bond acceptors (Lipinski definition) is 2. The van der Waals surface area contributed by atoms with Gasteiger partial charge in [-0.05, 0) is 43.0 Å². The fraction of sp³-hybridized carbons (Fsp3) is 0.462. The average Bonchev–Trinajstić information content (AvgIpc) is 2.57. The minimum atomic E-state index is 0.180. The molecule has 2 rings (SSSR count). The molecule has 1 aliphatic rings. The highest BCUT2D eigenvalue weighted by Gasteiger charge is 2.18. The monoisotopic (exact) mass is 203 g/mol. The summed E-state index contributed by atoms with van der Waals surface area (Å²) < 4.78 is 0. The summed E-state index contributed by atoms with van der Waals surface area (Å²) >= 11 is 0. The van der Waals surface area contributed by atoms with E-state index in [2.05, 4.69) is 24.4 Å². The van der Waals surface area contributed by atoms with Crippen LogP contribution >= 0.6 is 0 Å². The molecule has 1 aromatic carbocycles. The zero-order valence-electron chi connectivity index (χ0n) is 9.34. The van der Waals surface area contributed by atoms with E-state index in [-0.39, 0.29) is 5.78 Å². The number of carbonyl (C=O) groups is 1. The molecule has 1 aromatic rings. The molecule has 1 atom stereocenters. The van der Waals surface area contributed by atoms with Crippen molar-refractivity contribution in [3.63, 3.8) is 0 Å². The van der Waals surface area contributed by atoms with Crippen molar-refractivity contribution in [3.05, 3.63) is 34.9 Å². The standard InChI is InChI=1S/C13H17NO/c1-9-5-10-3-4-11(7-12(10)6-9)13(15)8-14-2/h3-4,7,9,14H,5-6,8H2,1-2H3. The number of rotatable bonds is 3. The van der Waals surface area contributed by atoms with Crippen LogP contribution in [0.3, 0.4) is 0 Å². The lowest BCUT2D eigenvalue weighted by Crippen LogP contribution is -2.18. The van der Waals surface area contributed by atoms with Crippen LogP contribution in [0.2, 0.25) is 0 Å². The van der Waals surface area contributed by atoms with Gasteiger partial charge in [-0.2, -0.15) is 0 Å². The Labute approximate surface area is 90.7 Å². The Morgan fingerprint density at radius 2 is 2.13 bits per heavy atom. The van der Waals surface area contributed by atoms with E-state index in [1.807, 2.05) is 6.07 Å². The van der Waals surface area contributed by atoms with Gasteiger partial charge < -0.3 is 5.32 Å². The number of hydrogen-bond donors (Lipinski definition) is 1. The summed E-state index contributed by atoms with van der Waals surface area (Å²) in [6.07, 6.45) is 2.28. The molecule has 0 saturated heterocycles. The molecule has 0 fully saturated rings. The largest absolute Gasteiger partial charge is 0.313 e. The maximum absolute atomic E-state index is 11.7. The number of Topliss-reactive ketones (excluding diaryl/α,β-unsaturated/α-hetero) is 1. The van der Waals surface area contributed by atoms with Gasteiger partial charge >= 0.3 is 0 Å². The molecular weight excluding hydrogens is 186 g/mol. The number of fused-ring (bicyclic) bond motifs is 1. The third kappa shape index (κ3) is 2.10. The Morgan fingerprint density at radius 1 is 1.40 bits per heavy atom. The van der Waals surface area contributed by atoms with Crippen LogP contribution < -0.4 is 5.32 Å². The second kappa shape index (κ2) is 4.15. The van der Waals surface area contributed by atoms with Gasteiger partial charge in [-0.15, -0.1) is 0 Å². The fourth-order valence-electron chi connectivity index (χ4n) is 2.27. The SMILES string of the molecule is CNCC(=O)c1ccc2c(c1)CC(C)C2. The van der Waals surface area contributed by atoms with E-state index >= 15 is 0 Å². The smallest absolute Gasteiger partial charge is 0.176 e. The predicted molar refractivity (Wildman–Crippen MR) is 61.3 cm³/mol. The van der Waals surface area contributed by atoms with Crippen LogP contribution in [0.5, 0.6) is 0 Å². The van der Waals surface area contributed by atoms with E-state index in [1.165, 1.54) is 11.1 Å². The lowest BCUT2D eigenvalue weighted by Gasteiger charge is -2.03. The van der Waals surface area contributed by atoms with Gasteiger partial charge in [0.05, 0.1) is 6.54 Å². The molecule has 1 N–H and O–H groups in total. The van der Waals surface area contributed by atoms with E-state index in [9.17, 15) is 4.79 Å². The summed E-state index contributed by atoms with van der Waals surface area (Å²) in [6.45, 7) is 2.68. The summed E-state index contributed by atoms with van der Waals surface area (Å²) in [5.41, 5.74) is 3.63. The quantitative estimate of drug-likeness (QED) is 0.759. The van der Waals surface area contributed by atoms with Crippen LogP contribution in [-0.4, -0.2) is 19.4 Å². The van der Waals surface area contributed by atoms with E-state index in [0.717, 1.165) is 24.3 Å². The van der Waals surface area contributed by atoms with Crippen molar-refractivity contribution in [2.24, 2.45) is 5.92 Å². The third-order valence-electron chi connectivity index (χ3n) is 3.00. The lowest BCUT2D eigenvalue weighted by atomic mass is 10.0. The van der Waals surface area contributed by atoms with Crippen molar-refractivity contribution in [1.82, 2.24) is 5.32 Å². The summed E-state index contributed by atoms with van der Waals surface area (Å²) in [5.74, 6) is 0.912. The molecule has 0 saturated carbocycles. The van der Waals surface area contributed by atoms with Crippen LogP contribution in [0.4, 0.5) is 0 Å². The molecule has 0 aromatic heterocycles. The van der Waals surface area contributed by atoms with E-state index in [0.29, 0.717) is 6.54 Å². The molecule has 80 valence electrons. The molecule has 1 unspecified atom stereocenters. The van der Waals surface area contributed by atoms with Crippen LogP contribution in [0.15, 0.2) is 18.2 Å². The number of likely N-dealkylation sites (N-methyl/N-ethyl adjacent to an activating group) is 1. The van der Waals surface area contributed by atoms with Crippen LogP contribution in [0.25, 0.3) is 0 Å². The second-order valence-electron chi connectivity index (χ2n) is 4.45. The van der Waals surface area contributed by atoms with Gasteiger partial charge in [-0.25, -0.2) is 0 Å². The highest BCUT2D eigenvalue weighted by Crippen LogP contribution is 2.27. The first-order chi connectivity index (χ1) is 7.20. The molecule has 0 aliphatic heterocycles. The van der Waals surface area contributed by atoms with Gasteiger partial charge in [0.25, 0.3) is 0 Å². The zero-order valence-corrected chi connectivity index (χ0v) is 9.34. The Kier molecular flexibility index (Phi) is 2.87. The number of nitrogens with one attached hydrogen (secondary N) is 1. The van der Waals surface area contributed by atoms with Crippen LogP contribution in [0.1, 0.15) is 28.4 Å². The first-order valence-corrected chi connectivity index (χ1v) is 5.50. The second-order valence-corrected chi connectivity index (χ2v) is 4.45. The summed E-state index contributed by atoms with van der Waals surface area (Å²) in [6, 6.07) is 6.14. The maximum Gasteiger partial charge on any atom is 0.176 e. The van der Waals surface area contributed by atoms with Crippen molar-refractivity contribution in [2.45, 2.75) is 19.8 Å². The molecule has 2 nitrogen and oxygen atoms in total. The fourth-order valence-corrected chi connectivity index (χ4v) is 2.27. The first kappa shape index (κ1) is 10.4. The van der Waals surface area contributed by atoms with Crippen molar-refractivity contribution < 1.29 is 4.79 Å². The van der Waals surface area contributed by atoms with E-state index in [1.54, 1.807) is 7.05 Å². The molecule has 1 aliphatic carbocycles. The minimum Gasteiger partial charge on any atom is -0.313 e. The molecule has 2 heteroatoms. The Bertz CT molecular complexity index is 384. The number of ketones is 1. The molecule has 0 heterocycles. The van der Waals surface area contributed by atoms with Gasteiger partial charge in [-0.3, -0.25) is 4.79 Å². The Hall–Kier alpha value is -1.15. The summed E-state index contributed by atoms with van der Waals surface area (Å²) in [4.78, 5) is 11.7. The molecular formula is C13H17NO. The molecule has 0 amide bonds. The van der Waals surface area contributed by atoms with Crippen molar-refractivity contribution in [2.75, 3.05) is 13.6 Å². The molecule has 0 spiro atoms. The van der Waals surface area contributed by atoms with Gasteiger partial charge in [-0.1, -0.05) is 19.1 Å². The maximum atomic E-state index is 11.7. The average molecular weight is 203 g/mol. The van der Waals surface area contributed by atoms with Crippen LogP contribution in [0, 0.1) is 5.92 Å². The molecule has 0 radical (unpaired) electrons. The van der Waals surface area contributed by atoms with Crippen molar-refractivity contribution in [1.29, 1.82) is 0 Å². The zero-order chi connectivity index (χ0) is 10.8. The van der Waals surface area contributed by atoms with Gasteiger partial charge in [0.2, 0.25) is 0 Å². The van der Waals surface area contributed by atoms with Crippen molar-refractivity contribution >= 4 is 5.78 Å². The minimum absolute atomic E-state index is 0.180. The summed E-state index contributed by atoms with van der Waals surface area (Å²) in [7, 11) is 1.80. The third-order valence-corrected chi connectivity index (χ3v) is 3.00. The van der Waals surface area contributed by atoms with Gasteiger partial charge in [0.1, 0.15) is 0 Å². The normalized spacial score (nSPS) is 18.9. The number of benzene rings is 1. The van der Waals surface area contributed by atoms with Crippen LogP contribution in [-0.2, 0) is 12.8 Å². The van der Waals surface area contributed by atoms with Gasteiger partial charge in [0, 0.05) is 5.56 Å². The van der Waals surface area contributed by atoms with E-state index in [4.69, 9.17) is 0 Å². The van der Waals surface area contributed by atoms with E-state index < -0.39 is 0 Å². The highest BCUT2D eigenvalue weighted by molar-refractivity contribution is 5.97. The summed E-state index contributed by atoms with van der Waals surface area (Å²) in [5, 5.41) is 2.89. The molecule has 0 bridgehead atoms. The predicted octanol–water partition coefficient (Wildman–Crippen LogP) is 1.82. The first-order valence-electron chi connectivity index (χ1n) is 5.50. The Balaban J connectivity index is 2.23. The van der Waals surface area contributed by atoms with Crippen molar-refractivity contribution in [3.8, 4) is 0 Å². The highest BCUT2D eigenvalue weighted by atomic mass is 16.1.